The number of nitrogens with one attached hydrogen (secondary N) is 1. The summed E-state index contributed by atoms with van der Waals surface area (Å²) in [4.78, 5) is 1.13. The summed E-state index contributed by atoms with van der Waals surface area (Å²) in [5.41, 5.74) is 0. The summed E-state index contributed by atoms with van der Waals surface area (Å²) in [6.07, 6.45) is 0.455. The molecule has 1 heterocycles. The Balaban J connectivity index is 2.09. The van der Waals surface area contributed by atoms with Gasteiger partial charge in [-0.15, -0.1) is 0 Å². The van der Waals surface area contributed by atoms with Crippen LogP contribution in [0.1, 0.15) is 6.42 Å². The van der Waals surface area contributed by atoms with Crippen molar-refractivity contribution in [3.63, 3.8) is 0 Å². The largest absolute Gasteiger partial charge is 0.332 e. The maximum atomic E-state index is 12.6. The van der Waals surface area contributed by atoms with E-state index in [9.17, 15) is 16.8 Å². The summed E-state index contributed by atoms with van der Waals surface area (Å²) < 4.78 is 48.9. The second-order valence-corrected chi connectivity index (χ2v) is 8.83. The second kappa shape index (κ2) is 6.94. The van der Waals surface area contributed by atoms with Crippen molar-refractivity contribution in [1.29, 1.82) is 5.26 Å². The summed E-state index contributed by atoms with van der Waals surface area (Å²) in [5, 5.41) is 13.6. The van der Waals surface area contributed by atoms with Crippen LogP contribution in [0.5, 0.6) is 0 Å². The van der Waals surface area contributed by atoms with Gasteiger partial charge in [-0.2, -0.15) is 9.57 Å². The van der Waals surface area contributed by atoms with Gasteiger partial charge in [0.1, 0.15) is 0 Å². The monoisotopic (exact) mass is 359 g/mol. The average Bonchev–Trinajstić information content (AvgIpc) is 2.52. The number of rotatable bonds is 5. The van der Waals surface area contributed by atoms with Gasteiger partial charge < -0.3 is 4.90 Å². The molecule has 0 aliphatic carbocycles. The van der Waals surface area contributed by atoms with Gasteiger partial charge in [0.25, 0.3) is 0 Å². The molecule has 1 fully saturated rings. The zero-order chi connectivity index (χ0) is 17.1. The van der Waals surface area contributed by atoms with Crippen molar-refractivity contribution in [2.24, 2.45) is 5.14 Å². The number of hydrogen-bond acceptors (Lipinski definition) is 5. The predicted octanol–water partition coefficient (Wildman–Crippen LogP) is -1.86. The number of benzene rings is 1. The molecule has 23 heavy (non-hydrogen) atoms. The van der Waals surface area contributed by atoms with E-state index in [1.165, 1.54) is 33.5 Å². The molecule has 0 atom stereocenters. The first-order valence-electron chi connectivity index (χ1n) is 7.08. The molecule has 8 nitrogen and oxygen atoms in total. The Bertz CT molecular complexity index is 789. The number of hydrogen-bond donors (Lipinski definition) is 2. The van der Waals surface area contributed by atoms with E-state index in [1.807, 2.05) is 0 Å². The van der Waals surface area contributed by atoms with Crippen molar-refractivity contribution in [1.82, 2.24) is 4.31 Å². The average molecular weight is 359 g/mol. The van der Waals surface area contributed by atoms with Crippen LogP contribution in [0.2, 0.25) is 0 Å². The molecule has 2 rings (SSSR count). The Labute approximate surface area is 136 Å². The van der Waals surface area contributed by atoms with Crippen LogP contribution < -0.4 is 10.0 Å². The molecule has 126 valence electrons. The van der Waals surface area contributed by atoms with E-state index in [0.717, 1.165) is 0 Å². The van der Waals surface area contributed by atoms with Crippen LogP contribution in [0.3, 0.4) is 0 Å². The molecule has 1 aliphatic heterocycles. The number of nitriles is 1. The first kappa shape index (κ1) is 17.8. The molecule has 1 aromatic carbocycles. The highest BCUT2D eigenvalue weighted by molar-refractivity contribution is 7.89. The highest BCUT2D eigenvalue weighted by Crippen LogP contribution is 2.17. The number of nitrogens with zero attached hydrogens (tertiary/aromatic N) is 2. The van der Waals surface area contributed by atoms with Crippen LogP contribution in [-0.4, -0.2) is 53.9 Å². The number of primary sulfonamides is 1. The molecule has 0 amide bonds. The Kier molecular flexibility index (Phi) is 5.38. The van der Waals surface area contributed by atoms with Crippen molar-refractivity contribution in [3.05, 3.63) is 24.3 Å². The van der Waals surface area contributed by atoms with E-state index < -0.39 is 20.0 Å². The van der Waals surface area contributed by atoms with Crippen LogP contribution >= 0.6 is 0 Å². The SMILES string of the molecule is N#CCC[NH+]1CCN(S(=O)(=O)c2ccc(S(N)(=O)=O)cc2)CC1. The fourth-order valence-corrected chi connectivity index (χ4v) is 4.43. The minimum absolute atomic E-state index is 0.0466. The molecule has 0 unspecified atom stereocenters. The predicted molar refractivity (Wildman–Crippen MR) is 82.4 cm³/mol. The van der Waals surface area contributed by atoms with E-state index in [0.29, 0.717) is 39.1 Å². The van der Waals surface area contributed by atoms with Crippen LogP contribution in [-0.2, 0) is 20.0 Å². The van der Waals surface area contributed by atoms with Gasteiger partial charge in [-0.05, 0) is 24.3 Å². The lowest BCUT2D eigenvalue weighted by atomic mass is 10.3. The highest BCUT2D eigenvalue weighted by Gasteiger charge is 2.30. The zero-order valence-electron chi connectivity index (χ0n) is 12.5. The molecule has 1 aliphatic rings. The lowest BCUT2D eigenvalue weighted by molar-refractivity contribution is -0.903. The van der Waals surface area contributed by atoms with Crippen LogP contribution in [0, 0.1) is 11.3 Å². The van der Waals surface area contributed by atoms with Crippen molar-refractivity contribution in [2.75, 3.05) is 32.7 Å². The van der Waals surface area contributed by atoms with Gasteiger partial charge >= 0.3 is 0 Å². The molecule has 0 bridgehead atoms. The fraction of sp³-hybridized carbons (Fsp3) is 0.462. The van der Waals surface area contributed by atoms with Gasteiger partial charge in [0.2, 0.25) is 20.0 Å². The smallest absolute Gasteiger partial charge is 0.243 e. The van der Waals surface area contributed by atoms with E-state index in [4.69, 9.17) is 10.4 Å². The van der Waals surface area contributed by atoms with E-state index in [-0.39, 0.29) is 9.79 Å². The molecular weight excluding hydrogens is 340 g/mol. The molecule has 1 saturated heterocycles. The van der Waals surface area contributed by atoms with Gasteiger partial charge in [0, 0.05) is 0 Å². The van der Waals surface area contributed by atoms with E-state index >= 15 is 0 Å². The van der Waals surface area contributed by atoms with Crippen molar-refractivity contribution < 1.29 is 21.7 Å². The van der Waals surface area contributed by atoms with Gasteiger partial charge in [0.15, 0.2) is 0 Å². The third kappa shape index (κ3) is 4.27. The summed E-state index contributed by atoms with van der Waals surface area (Å²) >= 11 is 0. The van der Waals surface area contributed by atoms with Crippen LogP contribution in [0.4, 0.5) is 0 Å². The molecular formula is C13H19N4O4S2+. The topological polar surface area (TPSA) is 126 Å². The Morgan fingerprint density at radius 3 is 2.09 bits per heavy atom. The van der Waals surface area contributed by atoms with Gasteiger partial charge in [0.05, 0.1) is 55.0 Å². The summed E-state index contributed by atoms with van der Waals surface area (Å²) in [7, 11) is -7.49. The first-order valence-corrected chi connectivity index (χ1v) is 10.1. The van der Waals surface area contributed by atoms with Crippen LogP contribution in [0.25, 0.3) is 0 Å². The lowest BCUT2D eigenvalue weighted by Crippen LogP contribution is -3.14. The number of piperazine rings is 1. The summed E-state index contributed by atoms with van der Waals surface area (Å²) in [6, 6.07) is 6.98. The third-order valence-corrected chi connectivity index (χ3v) is 6.65. The quantitative estimate of drug-likeness (QED) is 0.637. The Morgan fingerprint density at radius 1 is 1.09 bits per heavy atom. The van der Waals surface area contributed by atoms with Crippen molar-refractivity contribution >= 4 is 20.0 Å². The minimum Gasteiger partial charge on any atom is -0.332 e. The first-order chi connectivity index (χ1) is 10.7. The standard InChI is InChI=1S/C13H18N4O4S2/c14-6-1-7-16-8-10-17(11-9-16)23(20,21)13-4-2-12(3-5-13)22(15,18)19/h2-5H,1,7-11H2,(H2,15,18,19)/p+1. The summed E-state index contributed by atoms with van der Waals surface area (Å²) in [6.45, 7) is 2.76. The number of nitrogens with two attached hydrogens (primary N) is 1. The number of quaternary nitrogens is 1. The van der Waals surface area contributed by atoms with Gasteiger partial charge in [-0.3, -0.25) is 0 Å². The van der Waals surface area contributed by atoms with E-state index in [2.05, 4.69) is 6.07 Å². The maximum Gasteiger partial charge on any atom is 0.243 e. The van der Waals surface area contributed by atoms with Crippen LogP contribution in [0.15, 0.2) is 34.1 Å². The lowest BCUT2D eigenvalue weighted by Gasteiger charge is -2.31. The number of sulfonamides is 2. The van der Waals surface area contributed by atoms with Gasteiger partial charge in [-0.1, -0.05) is 0 Å². The third-order valence-electron chi connectivity index (χ3n) is 3.81. The molecule has 0 aromatic heterocycles. The molecule has 10 heteroatoms. The van der Waals surface area contributed by atoms with E-state index in [1.54, 1.807) is 0 Å². The highest BCUT2D eigenvalue weighted by atomic mass is 32.2. The fourth-order valence-electron chi connectivity index (χ4n) is 2.48. The zero-order valence-corrected chi connectivity index (χ0v) is 14.1. The molecule has 0 saturated carbocycles. The van der Waals surface area contributed by atoms with Crippen molar-refractivity contribution in [2.45, 2.75) is 16.2 Å². The molecule has 1 aromatic rings. The summed E-state index contributed by atoms with van der Waals surface area (Å²) in [5.74, 6) is 0. The van der Waals surface area contributed by atoms with Gasteiger partial charge in [-0.25, -0.2) is 22.0 Å². The Morgan fingerprint density at radius 2 is 1.61 bits per heavy atom. The maximum absolute atomic E-state index is 12.6. The molecule has 3 N–H and O–H groups in total. The molecule has 0 radical (unpaired) electrons. The Hall–Kier alpha value is -1.51. The normalized spacial score (nSPS) is 17.7. The van der Waals surface area contributed by atoms with Crippen molar-refractivity contribution in [3.8, 4) is 6.07 Å². The molecule has 0 spiro atoms. The minimum atomic E-state index is -3.84. The second-order valence-electron chi connectivity index (χ2n) is 5.33.